The fraction of sp³-hybridized carbons (Fsp3) is 0.794. The number of carbonyl (C=O) groups excluding carboxylic acids is 3. The van der Waals surface area contributed by atoms with Crippen LogP contribution in [0.15, 0.2) is 24.3 Å². The van der Waals surface area contributed by atoms with Crippen LogP contribution in [0, 0.1) is 11.8 Å². The molecule has 0 aromatic heterocycles. The summed E-state index contributed by atoms with van der Waals surface area (Å²) in [4.78, 5) is 39.3. The summed E-state index contributed by atoms with van der Waals surface area (Å²) in [7, 11) is 0. The zero-order valence-electron chi connectivity index (χ0n) is 27.0. The minimum atomic E-state index is -2.56. The lowest BCUT2D eigenvalue weighted by molar-refractivity contribution is -0.200. The molecule has 3 fully saturated rings. The molecule has 0 aromatic rings. The van der Waals surface area contributed by atoms with E-state index in [0.717, 1.165) is 0 Å². The van der Waals surface area contributed by atoms with Crippen molar-refractivity contribution < 1.29 is 53.4 Å². The van der Waals surface area contributed by atoms with Crippen LogP contribution in [0.2, 0.25) is 0 Å². The quantitative estimate of drug-likeness (QED) is 0.290. The number of ether oxygens (including phenoxy) is 5. The molecular formula is C34H52O11. The van der Waals surface area contributed by atoms with Crippen LogP contribution >= 0.6 is 0 Å². The molecule has 4 aliphatic rings. The van der Waals surface area contributed by atoms with Crippen LogP contribution in [0.3, 0.4) is 0 Å². The number of fused-ring (bicyclic) bond motifs is 6. The Morgan fingerprint density at radius 1 is 0.867 bits per heavy atom. The predicted octanol–water partition coefficient (Wildman–Crippen LogP) is 3.45. The third-order valence-corrected chi connectivity index (χ3v) is 9.40. The average molecular weight is 637 g/mol. The van der Waals surface area contributed by atoms with Crippen molar-refractivity contribution in [3.63, 3.8) is 0 Å². The first-order valence-electron chi connectivity index (χ1n) is 16.8. The fourth-order valence-corrected chi connectivity index (χ4v) is 7.01. The van der Waals surface area contributed by atoms with Gasteiger partial charge in [0.05, 0.1) is 36.6 Å². The molecule has 0 aliphatic carbocycles. The monoisotopic (exact) mass is 636 g/mol. The minimum absolute atomic E-state index is 0.0288. The van der Waals surface area contributed by atoms with Gasteiger partial charge in [-0.1, -0.05) is 52.0 Å². The van der Waals surface area contributed by atoms with E-state index in [1.54, 1.807) is 13.8 Å². The Morgan fingerprint density at radius 3 is 2.22 bits per heavy atom. The maximum atomic E-state index is 13.6. The molecule has 4 heterocycles. The Hall–Kier alpha value is -2.31. The molecule has 3 saturated heterocycles. The Kier molecular flexibility index (Phi) is 12.6. The number of aliphatic hydroxyl groups excluding tert-OH is 2. The number of allylic oxidation sites excluding steroid dienone is 3. The topological polar surface area (TPSA) is 158 Å². The van der Waals surface area contributed by atoms with Crippen molar-refractivity contribution in [3.05, 3.63) is 24.3 Å². The zero-order valence-corrected chi connectivity index (χ0v) is 27.0. The molecule has 0 radical (unpaired) electrons. The molecule has 0 amide bonds. The molecule has 4 rings (SSSR count). The van der Waals surface area contributed by atoms with E-state index in [4.69, 9.17) is 23.7 Å². The van der Waals surface area contributed by atoms with Gasteiger partial charge in [-0.25, -0.2) is 4.79 Å². The second kappa shape index (κ2) is 16.0. The molecule has 45 heavy (non-hydrogen) atoms. The molecule has 11 nitrogen and oxygen atoms in total. The number of esters is 3. The predicted molar refractivity (Wildman–Crippen MR) is 163 cm³/mol. The van der Waals surface area contributed by atoms with E-state index in [9.17, 15) is 29.7 Å². The maximum Gasteiger partial charge on any atom is 0.346 e. The van der Waals surface area contributed by atoms with Gasteiger partial charge in [0.2, 0.25) is 5.60 Å². The van der Waals surface area contributed by atoms with Crippen LogP contribution in [0.5, 0.6) is 0 Å². The second-order valence-electron chi connectivity index (χ2n) is 13.4. The number of rotatable bonds is 6. The molecule has 3 N–H and O–H groups in total. The van der Waals surface area contributed by atoms with E-state index < -0.39 is 66.2 Å². The van der Waals surface area contributed by atoms with Gasteiger partial charge < -0.3 is 39.0 Å². The summed E-state index contributed by atoms with van der Waals surface area (Å²) in [6.45, 7) is 7.71. The van der Waals surface area contributed by atoms with Gasteiger partial charge in [0, 0.05) is 25.7 Å². The van der Waals surface area contributed by atoms with Crippen molar-refractivity contribution in [2.45, 2.75) is 159 Å². The summed E-state index contributed by atoms with van der Waals surface area (Å²) in [5, 5.41) is 34.2. The third kappa shape index (κ3) is 8.94. The summed E-state index contributed by atoms with van der Waals surface area (Å²) in [5.41, 5.74) is -2.56. The molecule has 0 spiro atoms. The Bertz CT molecular complexity index is 1070. The van der Waals surface area contributed by atoms with Crippen LogP contribution in [-0.4, -0.2) is 93.8 Å². The van der Waals surface area contributed by atoms with Crippen molar-refractivity contribution in [3.8, 4) is 0 Å². The SMILES string of the molecule is CCCC(=O)O[C@@H]1C[C@H]2C[C@@H](O)C[C@@H](C[C@@H](C)/C=C\C=C/C[C@H]3O[C@H](C[C@H]3C)[C@H](O)C[C@H]3OC(=O)[C@@]1(O)[C@H]3OC(=O)CCC)O2. The van der Waals surface area contributed by atoms with Crippen LogP contribution in [0.4, 0.5) is 0 Å². The molecule has 0 aromatic carbocycles. The van der Waals surface area contributed by atoms with Crippen LogP contribution in [0.25, 0.3) is 0 Å². The van der Waals surface area contributed by atoms with E-state index in [2.05, 4.69) is 19.9 Å². The average Bonchev–Trinajstić information content (AvgIpc) is 3.44. The summed E-state index contributed by atoms with van der Waals surface area (Å²) in [6.07, 6.45) is 3.60. The lowest BCUT2D eigenvalue weighted by atomic mass is 9.83. The first kappa shape index (κ1) is 35.5. The van der Waals surface area contributed by atoms with E-state index in [-0.39, 0.29) is 56.1 Å². The summed E-state index contributed by atoms with van der Waals surface area (Å²) >= 11 is 0. The molecular weight excluding hydrogens is 584 g/mol. The first-order chi connectivity index (χ1) is 21.4. The van der Waals surface area contributed by atoms with Crippen LogP contribution in [0.1, 0.15) is 98.3 Å². The number of hydrogen-bond donors (Lipinski definition) is 3. The number of aliphatic hydroxyl groups is 3. The lowest BCUT2D eigenvalue weighted by Crippen LogP contribution is -2.59. The molecule has 6 bridgehead atoms. The Balaban J connectivity index is 1.71. The van der Waals surface area contributed by atoms with Gasteiger partial charge in [0.15, 0.2) is 6.10 Å². The van der Waals surface area contributed by atoms with Gasteiger partial charge >= 0.3 is 17.9 Å². The van der Waals surface area contributed by atoms with Crippen molar-refractivity contribution in [1.82, 2.24) is 0 Å². The lowest BCUT2D eigenvalue weighted by Gasteiger charge is -2.39. The van der Waals surface area contributed by atoms with Crippen LogP contribution < -0.4 is 0 Å². The van der Waals surface area contributed by atoms with Gasteiger partial charge in [0.1, 0.15) is 12.2 Å². The van der Waals surface area contributed by atoms with E-state index >= 15 is 0 Å². The van der Waals surface area contributed by atoms with Gasteiger partial charge in [-0.3, -0.25) is 9.59 Å². The van der Waals surface area contributed by atoms with Gasteiger partial charge in [-0.2, -0.15) is 0 Å². The zero-order chi connectivity index (χ0) is 32.7. The fourth-order valence-electron chi connectivity index (χ4n) is 7.01. The summed E-state index contributed by atoms with van der Waals surface area (Å²) in [5.74, 6) is -2.11. The summed E-state index contributed by atoms with van der Waals surface area (Å²) in [6, 6.07) is 0. The van der Waals surface area contributed by atoms with Crippen molar-refractivity contribution in [2.75, 3.05) is 0 Å². The standard InChI is InChI=1S/C34H52O11/c1-5-10-30(37)44-29-18-24-17-22(35)16-23(41-24)14-20(3)12-8-7-9-13-26-21(4)15-27(42-26)25(36)19-28-32(45-31(38)11-6-2)34(29,40)33(39)43-28/h7-9,12,20-29,32,35-36,40H,5-6,10-11,13-19H2,1-4H3/b9-7-,12-8-/t20-,21+,22-,23+,24+,25+,26+,27+,28+,29+,32-,34-/m0/s1. The normalized spacial score (nSPS) is 42.3. The summed E-state index contributed by atoms with van der Waals surface area (Å²) < 4.78 is 29.7. The molecule has 0 unspecified atom stereocenters. The van der Waals surface area contributed by atoms with E-state index in [0.29, 0.717) is 38.5 Å². The van der Waals surface area contributed by atoms with Crippen molar-refractivity contribution >= 4 is 17.9 Å². The van der Waals surface area contributed by atoms with Crippen LogP contribution in [-0.2, 0) is 38.1 Å². The first-order valence-corrected chi connectivity index (χ1v) is 16.8. The van der Waals surface area contributed by atoms with E-state index in [1.807, 2.05) is 18.2 Å². The largest absolute Gasteiger partial charge is 0.458 e. The Labute approximate surface area is 266 Å². The van der Waals surface area contributed by atoms with Crippen molar-refractivity contribution in [2.24, 2.45) is 11.8 Å². The number of carbonyl (C=O) groups is 3. The highest BCUT2D eigenvalue weighted by molar-refractivity contribution is 5.85. The molecule has 11 heteroatoms. The Morgan fingerprint density at radius 2 is 1.53 bits per heavy atom. The second-order valence-corrected chi connectivity index (χ2v) is 13.4. The van der Waals surface area contributed by atoms with Gasteiger partial charge in [-0.05, 0) is 56.8 Å². The molecule has 254 valence electrons. The minimum Gasteiger partial charge on any atom is -0.458 e. The number of hydrogen-bond acceptors (Lipinski definition) is 11. The maximum absolute atomic E-state index is 13.6. The highest BCUT2D eigenvalue weighted by atomic mass is 16.6. The van der Waals surface area contributed by atoms with E-state index in [1.165, 1.54) is 0 Å². The van der Waals surface area contributed by atoms with Crippen molar-refractivity contribution in [1.29, 1.82) is 0 Å². The molecule has 4 aliphatic heterocycles. The highest BCUT2D eigenvalue weighted by Gasteiger charge is 2.65. The molecule has 12 atom stereocenters. The highest BCUT2D eigenvalue weighted by Crippen LogP contribution is 2.41. The third-order valence-electron chi connectivity index (χ3n) is 9.40. The molecule has 0 saturated carbocycles. The van der Waals surface area contributed by atoms with Gasteiger partial charge in [-0.15, -0.1) is 0 Å². The smallest absolute Gasteiger partial charge is 0.346 e. The van der Waals surface area contributed by atoms with Gasteiger partial charge in [0.25, 0.3) is 0 Å².